The van der Waals surface area contributed by atoms with Crippen molar-refractivity contribution in [2.45, 2.75) is 6.92 Å². The molecule has 0 saturated heterocycles. The van der Waals surface area contributed by atoms with E-state index in [1.807, 2.05) is 0 Å². The van der Waals surface area contributed by atoms with Crippen LogP contribution in [-0.4, -0.2) is 19.2 Å². The summed E-state index contributed by atoms with van der Waals surface area (Å²) in [4.78, 5) is 10.9. The van der Waals surface area contributed by atoms with E-state index in [2.05, 4.69) is 4.74 Å². The van der Waals surface area contributed by atoms with Crippen molar-refractivity contribution < 1.29 is 18.7 Å². The normalized spacial score (nSPS) is 10.4. The van der Waals surface area contributed by atoms with Gasteiger partial charge in [-0.25, -0.2) is 9.18 Å². The number of para-hydroxylation sites is 1. The Hall–Kier alpha value is -1.84. The smallest absolute Gasteiger partial charge is 0.330 e. The second kappa shape index (κ2) is 6.61. The molecule has 0 bridgehead atoms. The summed E-state index contributed by atoms with van der Waals surface area (Å²) in [7, 11) is 0. The molecule has 0 N–H and O–H groups in total. The fraction of sp³-hybridized carbons (Fsp3) is 0.250. The molecule has 0 aliphatic carbocycles. The maximum Gasteiger partial charge on any atom is 0.330 e. The SMILES string of the molecule is CCOC(=O)/C=C/COc1ccccc1F. The first-order valence-corrected chi connectivity index (χ1v) is 4.94. The zero-order chi connectivity index (χ0) is 11.8. The molecular formula is C12H13FO3. The van der Waals surface area contributed by atoms with Crippen LogP contribution in [0.15, 0.2) is 36.4 Å². The van der Waals surface area contributed by atoms with Crippen LogP contribution < -0.4 is 4.74 Å². The van der Waals surface area contributed by atoms with Gasteiger partial charge in [0.05, 0.1) is 6.61 Å². The number of hydrogen-bond acceptors (Lipinski definition) is 3. The highest BCUT2D eigenvalue weighted by atomic mass is 19.1. The van der Waals surface area contributed by atoms with E-state index < -0.39 is 11.8 Å². The van der Waals surface area contributed by atoms with Crippen molar-refractivity contribution in [3.63, 3.8) is 0 Å². The Labute approximate surface area is 93.5 Å². The highest BCUT2D eigenvalue weighted by molar-refractivity contribution is 5.81. The van der Waals surface area contributed by atoms with Gasteiger partial charge in [-0.3, -0.25) is 0 Å². The first kappa shape index (κ1) is 12.2. The van der Waals surface area contributed by atoms with Gasteiger partial charge in [-0.15, -0.1) is 0 Å². The fourth-order valence-corrected chi connectivity index (χ4v) is 1.03. The van der Waals surface area contributed by atoms with Crippen LogP contribution in [0.5, 0.6) is 5.75 Å². The largest absolute Gasteiger partial charge is 0.486 e. The summed E-state index contributed by atoms with van der Waals surface area (Å²) in [6.07, 6.45) is 2.73. The number of benzene rings is 1. The molecule has 0 atom stereocenters. The Balaban J connectivity index is 2.36. The molecule has 4 heteroatoms. The molecule has 0 fully saturated rings. The third-order valence-corrected chi connectivity index (χ3v) is 1.71. The molecule has 86 valence electrons. The van der Waals surface area contributed by atoms with Crippen molar-refractivity contribution in [3.8, 4) is 5.75 Å². The van der Waals surface area contributed by atoms with Crippen molar-refractivity contribution in [1.82, 2.24) is 0 Å². The molecule has 1 aromatic rings. The summed E-state index contributed by atoms with van der Waals surface area (Å²) in [5.74, 6) is -0.692. The van der Waals surface area contributed by atoms with E-state index in [9.17, 15) is 9.18 Å². The number of esters is 1. The average Bonchev–Trinajstić information content (AvgIpc) is 2.27. The van der Waals surface area contributed by atoms with Crippen LogP contribution in [0.1, 0.15) is 6.92 Å². The van der Waals surface area contributed by atoms with Crippen LogP contribution >= 0.6 is 0 Å². The predicted octanol–water partition coefficient (Wildman–Crippen LogP) is 2.32. The quantitative estimate of drug-likeness (QED) is 0.568. The van der Waals surface area contributed by atoms with Crippen LogP contribution in [0.3, 0.4) is 0 Å². The molecule has 0 spiro atoms. The lowest BCUT2D eigenvalue weighted by atomic mass is 10.3. The third-order valence-electron chi connectivity index (χ3n) is 1.71. The van der Waals surface area contributed by atoms with Gasteiger partial charge >= 0.3 is 5.97 Å². The molecule has 0 unspecified atom stereocenters. The second-order valence-corrected chi connectivity index (χ2v) is 2.90. The van der Waals surface area contributed by atoms with Crippen molar-refractivity contribution in [2.75, 3.05) is 13.2 Å². The van der Waals surface area contributed by atoms with Crippen LogP contribution in [0.4, 0.5) is 4.39 Å². The Morgan fingerprint density at radius 1 is 1.44 bits per heavy atom. The first-order valence-electron chi connectivity index (χ1n) is 4.94. The maximum atomic E-state index is 13.1. The summed E-state index contributed by atoms with van der Waals surface area (Å²) in [5, 5.41) is 0. The predicted molar refractivity (Wildman–Crippen MR) is 57.7 cm³/mol. The van der Waals surface area contributed by atoms with Gasteiger partial charge in [-0.05, 0) is 25.1 Å². The maximum absolute atomic E-state index is 13.1. The summed E-state index contributed by atoms with van der Waals surface area (Å²) in [5.41, 5.74) is 0. The van der Waals surface area contributed by atoms with Gasteiger partial charge in [0, 0.05) is 6.08 Å². The summed E-state index contributed by atoms with van der Waals surface area (Å²) in [6.45, 7) is 2.18. The lowest BCUT2D eigenvalue weighted by Crippen LogP contribution is -2.01. The van der Waals surface area contributed by atoms with Gasteiger partial charge in [0.2, 0.25) is 0 Å². The lowest BCUT2D eigenvalue weighted by molar-refractivity contribution is -0.137. The number of hydrogen-bond donors (Lipinski definition) is 0. The number of ether oxygens (including phenoxy) is 2. The zero-order valence-electron chi connectivity index (χ0n) is 8.98. The molecule has 0 aliphatic rings. The minimum atomic E-state index is -0.431. The van der Waals surface area contributed by atoms with E-state index in [4.69, 9.17) is 4.74 Å². The molecule has 0 aliphatic heterocycles. The van der Waals surface area contributed by atoms with Crippen LogP contribution in [0.2, 0.25) is 0 Å². The van der Waals surface area contributed by atoms with Crippen molar-refractivity contribution >= 4 is 5.97 Å². The summed E-state index contributed by atoms with van der Waals surface area (Å²) >= 11 is 0. The van der Waals surface area contributed by atoms with Gasteiger partial charge in [-0.2, -0.15) is 0 Å². The first-order chi connectivity index (χ1) is 7.74. The van der Waals surface area contributed by atoms with Gasteiger partial charge in [-0.1, -0.05) is 12.1 Å². The number of rotatable bonds is 5. The lowest BCUT2D eigenvalue weighted by Gasteiger charge is -2.03. The second-order valence-electron chi connectivity index (χ2n) is 2.90. The van der Waals surface area contributed by atoms with Crippen LogP contribution in [0.25, 0.3) is 0 Å². The molecule has 0 aromatic heterocycles. The van der Waals surface area contributed by atoms with Gasteiger partial charge in [0.25, 0.3) is 0 Å². The van der Waals surface area contributed by atoms with Crippen LogP contribution in [0, 0.1) is 5.82 Å². The molecule has 0 radical (unpaired) electrons. The van der Waals surface area contributed by atoms with Crippen molar-refractivity contribution in [1.29, 1.82) is 0 Å². The third kappa shape index (κ3) is 4.13. The Morgan fingerprint density at radius 3 is 2.88 bits per heavy atom. The molecule has 0 heterocycles. The standard InChI is InChI=1S/C12H13FO3/c1-2-15-12(14)8-5-9-16-11-7-4-3-6-10(11)13/h3-8H,2,9H2,1H3/b8-5+. The van der Waals surface area contributed by atoms with E-state index >= 15 is 0 Å². The molecule has 1 aromatic carbocycles. The Morgan fingerprint density at radius 2 is 2.19 bits per heavy atom. The van der Waals surface area contributed by atoms with E-state index in [-0.39, 0.29) is 12.4 Å². The van der Waals surface area contributed by atoms with Gasteiger partial charge < -0.3 is 9.47 Å². The van der Waals surface area contributed by atoms with Crippen molar-refractivity contribution in [3.05, 3.63) is 42.2 Å². The van der Waals surface area contributed by atoms with E-state index in [1.54, 1.807) is 19.1 Å². The minimum Gasteiger partial charge on any atom is -0.486 e. The molecule has 0 amide bonds. The zero-order valence-corrected chi connectivity index (χ0v) is 8.98. The fourth-order valence-electron chi connectivity index (χ4n) is 1.03. The van der Waals surface area contributed by atoms with Crippen LogP contribution in [-0.2, 0) is 9.53 Å². The number of halogens is 1. The van der Waals surface area contributed by atoms with Gasteiger partial charge in [0.15, 0.2) is 11.6 Å². The Bertz CT molecular complexity index is 374. The average molecular weight is 224 g/mol. The Kier molecular flexibility index (Phi) is 5.05. The summed E-state index contributed by atoms with van der Waals surface area (Å²) < 4.78 is 22.8. The highest BCUT2D eigenvalue weighted by Crippen LogP contribution is 2.14. The summed E-state index contributed by atoms with van der Waals surface area (Å²) in [6, 6.07) is 6.09. The molecular weight excluding hydrogens is 211 g/mol. The van der Waals surface area contributed by atoms with E-state index in [1.165, 1.54) is 24.3 Å². The topological polar surface area (TPSA) is 35.5 Å². The van der Waals surface area contributed by atoms with Gasteiger partial charge in [0.1, 0.15) is 6.61 Å². The van der Waals surface area contributed by atoms with E-state index in [0.717, 1.165) is 0 Å². The monoisotopic (exact) mass is 224 g/mol. The molecule has 0 saturated carbocycles. The minimum absolute atomic E-state index is 0.125. The van der Waals surface area contributed by atoms with E-state index in [0.29, 0.717) is 6.61 Å². The van der Waals surface area contributed by atoms with Crippen molar-refractivity contribution in [2.24, 2.45) is 0 Å². The molecule has 3 nitrogen and oxygen atoms in total. The molecule has 1 rings (SSSR count). The number of carbonyl (C=O) groups excluding carboxylic acids is 1. The number of carbonyl (C=O) groups is 1. The highest BCUT2D eigenvalue weighted by Gasteiger charge is 1.99. The molecule has 16 heavy (non-hydrogen) atoms.